The van der Waals surface area contributed by atoms with E-state index in [1.807, 2.05) is 10.8 Å². The van der Waals surface area contributed by atoms with E-state index in [9.17, 15) is 13.5 Å². The van der Waals surface area contributed by atoms with Crippen LogP contribution in [0.3, 0.4) is 0 Å². The van der Waals surface area contributed by atoms with Crippen LogP contribution >= 0.6 is 0 Å². The van der Waals surface area contributed by atoms with Crippen molar-refractivity contribution in [2.45, 2.75) is 38.3 Å². The van der Waals surface area contributed by atoms with Crippen LogP contribution in [0.5, 0.6) is 0 Å². The Kier molecular flexibility index (Phi) is 4.81. The zero-order chi connectivity index (χ0) is 15.5. The molecule has 0 aliphatic carbocycles. The minimum Gasteiger partial charge on any atom is -0.465 e. The Morgan fingerprint density at radius 2 is 2.14 bits per heavy atom. The molecule has 116 valence electrons. The Morgan fingerprint density at radius 1 is 1.38 bits per heavy atom. The number of aryl methyl sites for hydroxylation is 3. The fraction of sp³-hybridized carbons (Fsp3) is 0.462. The first kappa shape index (κ1) is 15.7. The summed E-state index contributed by atoms with van der Waals surface area (Å²) in [5.74, 6) is 0.715. The Bertz CT molecular complexity index is 689. The third-order valence-corrected chi connectivity index (χ3v) is 4.85. The van der Waals surface area contributed by atoms with Gasteiger partial charge in [0.25, 0.3) is 0 Å². The molecule has 2 aromatic rings. The lowest BCUT2D eigenvalue weighted by molar-refractivity contribution is 0.276. The molecule has 0 unspecified atom stereocenters. The molecule has 0 bridgehead atoms. The maximum Gasteiger partial charge on any atom is 0.244 e. The van der Waals surface area contributed by atoms with Crippen LogP contribution in [0.25, 0.3) is 0 Å². The fourth-order valence-electron chi connectivity index (χ4n) is 2.20. The molecule has 0 fully saturated rings. The first-order valence-corrected chi connectivity index (χ1v) is 8.09. The van der Waals surface area contributed by atoms with Crippen LogP contribution in [0.2, 0.25) is 0 Å². The van der Waals surface area contributed by atoms with Crippen molar-refractivity contribution in [1.29, 1.82) is 0 Å². The van der Waals surface area contributed by atoms with Gasteiger partial charge < -0.3 is 14.1 Å². The highest BCUT2D eigenvalue weighted by Crippen LogP contribution is 2.26. The molecule has 0 atom stereocenters. The molecule has 0 radical (unpaired) electrons. The number of furan rings is 1. The summed E-state index contributed by atoms with van der Waals surface area (Å²) in [6.07, 6.45) is 5.82. The van der Waals surface area contributed by atoms with Gasteiger partial charge in [-0.3, -0.25) is 0 Å². The Morgan fingerprint density at radius 3 is 2.76 bits per heavy atom. The van der Waals surface area contributed by atoms with E-state index in [4.69, 9.17) is 4.42 Å². The number of hydrogen-bond acceptors (Lipinski definition) is 5. The molecule has 0 aromatic carbocycles. The van der Waals surface area contributed by atoms with Crippen molar-refractivity contribution >= 4 is 10.0 Å². The van der Waals surface area contributed by atoms with E-state index >= 15 is 0 Å². The molecule has 8 heteroatoms. The summed E-state index contributed by atoms with van der Waals surface area (Å²) in [4.78, 5) is 3.96. The third-order valence-electron chi connectivity index (χ3n) is 3.20. The molecule has 7 nitrogen and oxygen atoms in total. The molecule has 0 saturated carbocycles. The van der Waals surface area contributed by atoms with Gasteiger partial charge in [0, 0.05) is 31.0 Å². The van der Waals surface area contributed by atoms with Crippen molar-refractivity contribution in [3.05, 3.63) is 35.8 Å². The second kappa shape index (κ2) is 6.42. The third kappa shape index (κ3) is 3.52. The average molecular weight is 313 g/mol. The SMILES string of the molecule is Cc1oc(C)c(S(=O)(=O)NCCCn2ccnc2)c1CO. The molecule has 2 rings (SSSR count). The van der Waals surface area contributed by atoms with Gasteiger partial charge >= 0.3 is 0 Å². The normalized spacial score (nSPS) is 12.0. The molecule has 2 N–H and O–H groups in total. The van der Waals surface area contributed by atoms with E-state index in [1.165, 1.54) is 0 Å². The van der Waals surface area contributed by atoms with Gasteiger partial charge in [-0.15, -0.1) is 0 Å². The highest BCUT2D eigenvalue weighted by atomic mass is 32.2. The summed E-state index contributed by atoms with van der Waals surface area (Å²) in [5.41, 5.74) is 0.314. The summed E-state index contributed by atoms with van der Waals surface area (Å²) in [5, 5.41) is 9.31. The summed E-state index contributed by atoms with van der Waals surface area (Å²) in [6, 6.07) is 0. The number of imidazole rings is 1. The number of nitrogens with one attached hydrogen (secondary N) is 1. The lowest BCUT2D eigenvalue weighted by Gasteiger charge is -2.08. The van der Waals surface area contributed by atoms with Gasteiger partial charge in [-0.1, -0.05) is 0 Å². The average Bonchev–Trinajstić information content (AvgIpc) is 3.02. The lowest BCUT2D eigenvalue weighted by Crippen LogP contribution is -2.26. The molecule has 0 amide bonds. The lowest BCUT2D eigenvalue weighted by atomic mass is 10.2. The molecular weight excluding hydrogens is 294 g/mol. The first-order valence-electron chi connectivity index (χ1n) is 6.61. The van der Waals surface area contributed by atoms with Crippen LogP contribution in [0, 0.1) is 13.8 Å². The van der Waals surface area contributed by atoms with Crippen molar-refractivity contribution in [1.82, 2.24) is 14.3 Å². The van der Waals surface area contributed by atoms with E-state index in [0.29, 0.717) is 36.6 Å². The number of aliphatic hydroxyl groups is 1. The van der Waals surface area contributed by atoms with E-state index in [2.05, 4.69) is 9.71 Å². The quantitative estimate of drug-likeness (QED) is 0.742. The predicted octanol–water partition coefficient (Wildman–Crippen LogP) is 0.954. The Labute approximate surface area is 123 Å². The Hall–Kier alpha value is -1.64. The molecule has 2 heterocycles. The number of nitrogens with zero attached hydrogens (tertiary/aromatic N) is 2. The second-order valence-electron chi connectivity index (χ2n) is 4.73. The molecule has 0 aliphatic rings. The van der Waals surface area contributed by atoms with Gasteiger partial charge in [0.15, 0.2) is 0 Å². The minimum absolute atomic E-state index is 0.0464. The van der Waals surface area contributed by atoms with E-state index in [1.54, 1.807) is 26.4 Å². The van der Waals surface area contributed by atoms with Crippen molar-refractivity contribution in [3.8, 4) is 0 Å². The van der Waals surface area contributed by atoms with E-state index in [0.717, 1.165) is 0 Å². The zero-order valence-electron chi connectivity index (χ0n) is 12.0. The van der Waals surface area contributed by atoms with Gasteiger partial charge in [-0.05, 0) is 20.3 Å². The van der Waals surface area contributed by atoms with Crippen LogP contribution in [0.1, 0.15) is 23.5 Å². The smallest absolute Gasteiger partial charge is 0.244 e. The van der Waals surface area contributed by atoms with Crippen LogP contribution < -0.4 is 4.72 Å². The van der Waals surface area contributed by atoms with Gasteiger partial charge in [-0.25, -0.2) is 18.1 Å². The summed E-state index contributed by atoms with van der Waals surface area (Å²) in [6.45, 7) is 3.82. The van der Waals surface area contributed by atoms with Crippen molar-refractivity contribution in [3.63, 3.8) is 0 Å². The highest BCUT2D eigenvalue weighted by Gasteiger charge is 2.25. The van der Waals surface area contributed by atoms with Crippen LogP contribution in [-0.2, 0) is 23.2 Å². The predicted molar refractivity (Wildman–Crippen MR) is 76.1 cm³/mol. The highest BCUT2D eigenvalue weighted by molar-refractivity contribution is 7.89. The number of hydrogen-bond donors (Lipinski definition) is 2. The van der Waals surface area contributed by atoms with Crippen LogP contribution in [-0.4, -0.2) is 29.6 Å². The number of aromatic nitrogens is 2. The number of rotatable bonds is 7. The first-order chi connectivity index (χ1) is 9.95. The fourth-order valence-corrected chi connectivity index (χ4v) is 3.71. The standard InChI is InChI=1S/C13H19N3O4S/c1-10-12(8-17)13(11(2)20-10)21(18,19)15-4-3-6-16-7-5-14-9-16/h5,7,9,15,17H,3-4,6,8H2,1-2H3. The zero-order valence-corrected chi connectivity index (χ0v) is 12.9. The van der Waals surface area contributed by atoms with Crippen molar-refractivity contribution in [2.75, 3.05) is 6.54 Å². The minimum atomic E-state index is -3.68. The number of sulfonamides is 1. The molecule has 2 aromatic heterocycles. The van der Waals surface area contributed by atoms with E-state index < -0.39 is 10.0 Å². The maximum absolute atomic E-state index is 12.3. The van der Waals surface area contributed by atoms with Gasteiger partial charge in [0.05, 0.1) is 12.9 Å². The van der Waals surface area contributed by atoms with Crippen LogP contribution in [0.4, 0.5) is 0 Å². The summed E-state index contributed by atoms with van der Waals surface area (Å²) >= 11 is 0. The van der Waals surface area contributed by atoms with Crippen molar-refractivity contribution in [2.24, 2.45) is 0 Å². The molecule has 0 saturated heterocycles. The van der Waals surface area contributed by atoms with Crippen LogP contribution in [0.15, 0.2) is 28.0 Å². The topological polar surface area (TPSA) is 97.4 Å². The molecule has 0 spiro atoms. The Balaban J connectivity index is 2.02. The summed E-state index contributed by atoms with van der Waals surface area (Å²) in [7, 11) is -3.68. The van der Waals surface area contributed by atoms with Gasteiger partial charge in [0.1, 0.15) is 16.4 Å². The largest absolute Gasteiger partial charge is 0.465 e. The second-order valence-corrected chi connectivity index (χ2v) is 6.44. The van der Waals surface area contributed by atoms with E-state index in [-0.39, 0.29) is 11.5 Å². The monoisotopic (exact) mass is 313 g/mol. The molecule has 0 aliphatic heterocycles. The maximum atomic E-state index is 12.3. The molecular formula is C13H19N3O4S. The van der Waals surface area contributed by atoms with Crippen molar-refractivity contribution < 1.29 is 17.9 Å². The number of aliphatic hydroxyl groups excluding tert-OH is 1. The van der Waals surface area contributed by atoms with Gasteiger partial charge in [-0.2, -0.15) is 0 Å². The molecule has 21 heavy (non-hydrogen) atoms. The van der Waals surface area contributed by atoms with Gasteiger partial charge in [0.2, 0.25) is 10.0 Å². The summed E-state index contributed by atoms with van der Waals surface area (Å²) < 4.78 is 34.3.